The number of aliphatic hydroxyl groups is 1. The molecule has 0 aromatic heterocycles. The first kappa shape index (κ1) is 20.5. The lowest BCUT2D eigenvalue weighted by molar-refractivity contribution is -0.137. The lowest BCUT2D eigenvalue weighted by Gasteiger charge is -2.18. The number of nitrogens with one attached hydrogen (secondary N) is 2. The van der Waals surface area contributed by atoms with Crippen LogP contribution in [0.3, 0.4) is 0 Å². The highest BCUT2D eigenvalue weighted by Crippen LogP contribution is 2.10. The zero-order valence-electron chi connectivity index (χ0n) is 13.6. The molecule has 0 spiro atoms. The number of hydroxylamine groups is 1. The number of unbranched alkanes of at least 4 members (excludes halogenated alkanes) is 2. The predicted molar refractivity (Wildman–Crippen MR) is 87.6 cm³/mol. The van der Waals surface area contributed by atoms with E-state index in [0.29, 0.717) is 19.3 Å². The number of benzene rings is 1. The molecule has 0 heterocycles. The number of carboxylic acid groups (broad SMARTS) is 1. The number of sulfonamides is 1. The van der Waals surface area contributed by atoms with Crippen molar-refractivity contribution >= 4 is 16.0 Å². The van der Waals surface area contributed by atoms with Gasteiger partial charge in [0.15, 0.2) is 0 Å². The molecule has 1 aromatic rings. The number of aliphatic carboxylic acids is 1. The molecule has 1 rings (SSSR count). The molecule has 0 saturated heterocycles. The van der Waals surface area contributed by atoms with Crippen LogP contribution in [-0.2, 0) is 19.7 Å². The van der Waals surface area contributed by atoms with E-state index in [1.807, 2.05) is 6.92 Å². The molecule has 1 aromatic carbocycles. The van der Waals surface area contributed by atoms with Crippen molar-refractivity contribution in [2.45, 2.75) is 43.7 Å². The molecule has 8 nitrogen and oxygen atoms in total. The molecule has 1 unspecified atom stereocenters. The van der Waals surface area contributed by atoms with Crippen molar-refractivity contribution in [2.24, 2.45) is 0 Å². The summed E-state index contributed by atoms with van der Waals surface area (Å²) in [5, 5.41) is 17.7. The Kier molecular flexibility index (Phi) is 8.87. The van der Waals surface area contributed by atoms with Gasteiger partial charge in [-0.2, -0.15) is 10.2 Å². The number of aliphatic hydroxyl groups excluding tert-OH is 1. The fourth-order valence-corrected chi connectivity index (χ4v) is 2.99. The number of carboxylic acids is 1. The van der Waals surface area contributed by atoms with Crippen molar-refractivity contribution in [2.75, 3.05) is 13.2 Å². The summed E-state index contributed by atoms with van der Waals surface area (Å²) in [6.45, 7) is 1.65. The van der Waals surface area contributed by atoms with Crippen molar-refractivity contribution in [1.82, 2.24) is 10.2 Å². The fourth-order valence-electron chi connectivity index (χ4n) is 1.86. The highest BCUT2D eigenvalue weighted by atomic mass is 32.2. The van der Waals surface area contributed by atoms with Crippen molar-refractivity contribution in [3.63, 3.8) is 0 Å². The Morgan fingerprint density at radius 3 is 2.46 bits per heavy atom. The van der Waals surface area contributed by atoms with Gasteiger partial charge in [0.1, 0.15) is 6.17 Å². The van der Waals surface area contributed by atoms with Crippen LogP contribution in [0.25, 0.3) is 0 Å². The zero-order chi connectivity index (χ0) is 18.0. The van der Waals surface area contributed by atoms with Gasteiger partial charge in [0, 0.05) is 6.42 Å². The van der Waals surface area contributed by atoms with E-state index in [1.54, 1.807) is 12.1 Å². The van der Waals surface area contributed by atoms with Gasteiger partial charge in [-0.15, -0.1) is 0 Å². The van der Waals surface area contributed by atoms with Gasteiger partial charge in [0.05, 0.1) is 18.1 Å². The van der Waals surface area contributed by atoms with E-state index in [2.05, 4.69) is 10.2 Å². The van der Waals surface area contributed by atoms with Crippen molar-refractivity contribution in [3.8, 4) is 0 Å². The summed E-state index contributed by atoms with van der Waals surface area (Å²) in [6, 6.07) is 6.33. The predicted octanol–water partition coefficient (Wildman–Crippen LogP) is 0.758. The molecule has 0 aliphatic heterocycles. The van der Waals surface area contributed by atoms with E-state index in [0.717, 1.165) is 5.56 Å². The number of hydrogen-bond acceptors (Lipinski definition) is 6. The summed E-state index contributed by atoms with van der Waals surface area (Å²) >= 11 is 0. The topological polar surface area (TPSA) is 125 Å². The Hall–Kier alpha value is -1.52. The van der Waals surface area contributed by atoms with E-state index in [4.69, 9.17) is 9.94 Å². The van der Waals surface area contributed by atoms with Crippen LogP contribution in [0.2, 0.25) is 0 Å². The smallest absolute Gasteiger partial charge is 0.303 e. The van der Waals surface area contributed by atoms with Gasteiger partial charge in [0.25, 0.3) is 0 Å². The molecule has 4 N–H and O–H groups in total. The summed E-state index contributed by atoms with van der Waals surface area (Å²) in [6.07, 6.45) is 1.01. The molecular formula is C15H24N2O6S. The van der Waals surface area contributed by atoms with E-state index in [-0.39, 0.29) is 17.9 Å². The van der Waals surface area contributed by atoms with E-state index in [1.165, 1.54) is 12.1 Å². The monoisotopic (exact) mass is 360 g/mol. The third-order valence-corrected chi connectivity index (χ3v) is 4.66. The summed E-state index contributed by atoms with van der Waals surface area (Å²) in [5.41, 5.74) is 3.39. The highest BCUT2D eigenvalue weighted by Gasteiger charge is 2.19. The Morgan fingerprint density at radius 2 is 1.88 bits per heavy atom. The molecular weight excluding hydrogens is 336 g/mol. The molecule has 0 amide bonds. The zero-order valence-corrected chi connectivity index (χ0v) is 14.4. The molecule has 24 heavy (non-hydrogen) atoms. The van der Waals surface area contributed by atoms with Gasteiger partial charge in [0.2, 0.25) is 10.0 Å². The van der Waals surface area contributed by atoms with Crippen LogP contribution in [0.15, 0.2) is 29.2 Å². The summed E-state index contributed by atoms with van der Waals surface area (Å²) < 4.78 is 26.7. The van der Waals surface area contributed by atoms with Crippen molar-refractivity contribution < 1.29 is 28.3 Å². The number of hydrogen-bond donors (Lipinski definition) is 4. The quantitative estimate of drug-likeness (QED) is 0.246. The van der Waals surface area contributed by atoms with Gasteiger partial charge in [-0.25, -0.2) is 8.42 Å². The standard InChI is InChI=1S/C15H24N2O6S/c1-12-6-8-13(9-7-12)24(21,22)17-14(11-18)16-23-10-4-2-3-5-15(19)20/h6-9,14,16-18H,2-5,10-11H2,1H3,(H,19,20). The minimum atomic E-state index is -3.77. The van der Waals surface area contributed by atoms with Gasteiger partial charge >= 0.3 is 5.97 Å². The van der Waals surface area contributed by atoms with E-state index < -0.39 is 28.8 Å². The minimum Gasteiger partial charge on any atom is -0.481 e. The molecule has 0 radical (unpaired) electrons. The Morgan fingerprint density at radius 1 is 1.21 bits per heavy atom. The summed E-state index contributed by atoms with van der Waals surface area (Å²) in [5.74, 6) is -0.833. The Balaban J connectivity index is 2.36. The van der Waals surface area contributed by atoms with Crippen molar-refractivity contribution in [1.29, 1.82) is 0 Å². The molecule has 0 bridgehead atoms. The molecule has 0 fully saturated rings. The van der Waals surface area contributed by atoms with Gasteiger partial charge in [-0.05, 0) is 31.9 Å². The van der Waals surface area contributed by atoms with Crippen LogP contribution in [0.1, 0.15) is 31.2 Å². The van der Waals surface area contributed by atoms with Crippen LogP contribution in [0, 0.1) is 6.92 Å². The molecule has 0 aliphatic carbocycles. The molecule has 9 heteroatoms. The average molecular weight is 360 g/mol. The van der Waals surface area contributed by atoms with E-state index in [9.17, 15) is 18.3 Å². The normalized spacial score (nSPS) is 12.9. The van der Waals surface area contributed by atoms with Gasteiger partial charge < -0.3 is 15.1 Å². The SMILES string of the molecule is Cc1ccc(S(=O)(=O)NC(CO)NOCCCCCC(=O)O)cc1. The largest absolute Gasteiger partial charge is 0.481 e. The number of rotatable bonds is 12. The van der Waals surface area contributed by atoms with Crippen LogP contribution < -0.4 is 10.2 Å². The second-order valence-electron chi connectivity index (χ2n) is 5.34. The second kappa shape index (κ2) is 10.4. The number of aryl methyl sites for hydroxylation is 1. The van der Waals surface area contributed by atoms with E-state index >= 15 is 0 Å². The highest BCUT2D eigenvalue weighted by molar-refractivity contribution is 7.89. The summed E-state index contributed by atoms with van der Waals surface area (Å²) in [4.78, 5) is 15.6. The van der Waals surface area contributed by atoms with Crippen LogP contribution >= 0.6 is 0 Å². The maximum absolute atomic E-state index is 12.2. The lowest BCUT2D eigenvalue weighted by Crippen LogP contribution is -2.47. The minimum absolute atomic E-state index is 0.0991. The Bertz CT molecular complexity index is 603. The molecule has 0 saturated carbocycles. The molecule has 136 valence electrons. The van der Waals surface area contributed by atoms with Gasteiger partial charge in [-0.3, -0.25) is 4.79 Å². The van der Waals surface area contributed by atoms with Gasteiger partial charge in [-0.1, -0.05) is 24.1 Å². The first-order chi connectivity index (χ1) is 11.3. The Labute approximate surface area is 141 Å². The van der Waals surface area contributed by atoms with Crippen molar-refractivity contribution in [3.05, 3.63) is 29.8 Å². The first-order valence-corrected chi connectivity index (χ1v) is 9.12. The first-order valence-electron chi connectivity index (χ1n) is 7.64. The van der Waals surface area contributed by atoms with Crippen LogP contribution in [0.5, 0.6) is 0 Å². The fraction of sp³-hybridized carbons (Fsp3) is 0.533. The number of carbonyl (C=O) groups is 1. The molecule has 0 aliphatic rings. The third-order valence-electron chi connectivity index (χ3n) is 3.17. The molecule has 1 atom stereocenters. The summed E-state index contributed by atoms with van der Waals surface area (Å²) in [7, 11) is -3.77. The maximum Gasteiger partial charge on any atom is 0.303 e. The van der Waals surface area contributed by atoms with Crippen LogP contribution in [-0.4, -0.2) is 44.0 Å². The second-order valence-corrected chi connectivity index (χ2v) is 7.05. The van der Waals surface area contributed by atoms with Crippen LogP contribution in [0.4, 0.5) is 0 Å². The third kappa shape index (κ3) is 7.84. The lowest BCUT2D eigenvalue weighted by atomic mass is 10.2. The average Bonchev–Trinajstić information content (AvgIpc) is 2.52. The maximum atomic E-state index is 12.2.